The van der Waals surface area contributed by atoms with Crippen LogP contribution in [0.25, 0.3) is 33.1 Å². The van der Waals surface area contributed by atoms with Crippen LogP contribution in [-0.4, -0.2) is 47.4 Å². The Labute approximate surface area is 236 Å². The van der Waals surface area contributed by atoms with Gasteiger partial charge in [0, 0.05) is 36.4 Å². The van der Waals surface area contributed by atoms with Crippen molar-refractivity contribution < 1.29 is 26.5 Å². The molecule has 6 rings (SSSR count). The lowest BCUT2D eigenvalue weighted by atomic mass is 9.79. The lowest BCUT2D eigenvalue weighted by Crippen LogP contribution is -2.30. The molecule has 1 atom stereocenters. The number of sulfone groups is 1. The molecule has 4 aromatic heterocycles. The molecule has 1 aromatic carbocycles. The van der Waals surface area contributed by atoms with Crippen LogP contribution in [0.2, 0.25) is 0 Å². The molecule has 0 saturated heterocycles. The van der Waals surface area contributed by atoms with Crippen molar-refractivity contribution in [3.63, 3.8) is 0 Å². The SMILES string of the molecule is COc1ncc(S(C)(=O)=O)c2c1c1ncc(-c3c(C)noc3C)cc1n2C(c1ccccc1)C1CCC(F)(F)CC1. The number of alkyl halides is 2. The van der Waals surface area contributed by atoms with Crippen LogP contribution in [0.1, 0.15) is 48.7 Å². The van der Waals surface area contributed by atoms with Crippen LogP contribution in [0.15, 0.2) is 58.2 Å². The molecule has 0 N–H and O–H groups in total. The predicted molar refractivity (Wildman–Crippen MR) is 151 cm³/mol. The van der Waals surface area contributed by atoms with Crippen molar-refractivity contribution in [1.29, 1.82) is 0 Å². The minimum Gasteiger partial charge on any atom is -0.480 e. The minimum absolute atomic E-state index is 0.0206. The molecule has 4 heterocycles. The fraction of sp³-hybridized carbons (Fsp3) is 0.367. The highest BCUT2D eigenvalue weighted by molar-refractivity contribution is 7.91. The summed E-state index contributed by atoms with van der Waals surface area (Å²) in [4.78, 5) is 9.18. The Morgan fingerprint density at radius 3 is 2.41 bits per heavy atom. The van der Waals surface area contributed by atoms with E-state index < -0.39 is 21.8 Å². The quantitative estimate of drug-likeness (QED) is 0.221. The summed E-state index contributed by atoms with van der Waals surface area (Å²) in [5, 5.41) is 4.55. The third-order valence-electron chi connectivity index (χ3n) is 8.13. The number of pyridine rings is 2. The zero-order valence-corrected chi connectivity index (χ0v) is 24.0. The predicted octanol–water partition coefficient (Wildman–Crippen LogP) is 6.68. The first-order valence-corrected chi connectivity index (χ1v) is 15.3. The monoisotopic (exact) mass is 580 g/mol. The Balaban J connectivity index is 1.76. The number of nitrogens with zero attached hydrogens (tertiary/aromatic N) is 4. The average Bonchev–Trinajstić information content (AvgIpc) is 3.45. The summed E-state index contributed by atoms with van der Waals surface area (Å²) >= 11 is 0. The van der Waals surface area contributed by atoms with Gasteiger partial charge in [-0.05, 0) is 44.2 Å². The first-order valence-electron chi connectivity index (χ1n) is 13.4. The van der Waals surface area contributed by atoms with Crippen molar-refractivity contribution >= 4 is 31.8 Å². The molecule has 214 valence electrons. The summed E-state index contributed by atoms with van der Waals surface area (Å²) in [6.45, 7) is 3.66. The third kappa shape index (κ3) is 4.65. The summed E-state index contributed by atoms with van der Waals surface area (Å²) < 4.78 is 68.1. The van der Waals surface area contributed by atoms with Crippen molar-refractivity contribution in [3.8, 4) is 17.0 Å². The highest BCUT2D eigenvalue weighted by atomic mass is 32.2. The first-order chi connectivity index (χ1) is 19.5. The lowest BCUT2D eigenvalue weighted by Gasteiger charge is -2.36. The van der Waals surface area contributed by atoms with Crippen LogP contribution in [-0.2, 0) is 9.84 Å². The second kappa shape index (κ2) is 9.90. The number of fused-ring (bicyclic) bond motifs is 3. The molecule has 11 heteroatoms. The molecule has 41 heavy (non-hydrogen) atoms. The van der Waals surface area contributed by atoms with Crippen LogP contribution in [0, 0.1) is 19.8 Å². The normalized spacial score (nSPS) is 16.8. The summed E-state index contributed by atoms with van der Waals surface area (Å²) in [5.41, 5.74) is 4.65. The van der Waals surface area contributed by atoms with E-state index in [-0.39, 0.29) is 42.4 Å². The van der Waals surface area contributed by atoms with Gasteiger partial charge in [-0.25, -0.2) is 22.2 Å². The van der Waals surface area contributed by atoms with E-state index in [4.69, 9.17) is 14.2 Å². The maximum Gasteiger partial charge on any atom is 0.248 e. The molecule has 8 nitrogen and oxygen atoms in total. The topological polar surface area (TPSA) is 100 Å². The van der Waals surface area contributed by atoms with Crippen molar-refractivity contribution in [1.82, 2.24) is 19.7 Å². The van der Waals surface area contributed by atoms with Crippen LogP contribution >= 0.6 is 0 Å². The average molecular weight is 581 g/mol. The van der Waals surface area contributed by atoms with Gasteiger partial charge in [0.1, 0.15) is 16.2 Å². The van der Waals surface area contributed by atoms with E-state index in [9.17, 15) is 17.2 Å². The van der Waals surface area contributed by atoms with Crippen molar-refractivity contribution in [2.75, 3.05) is 13.4 Å². The molecule has 0 amide bonds. The largest absolute Gasteiger partial charge is 0.480 e. The van der Waals surface area contributed by atoms with E-state index in [1.807, 2.05) is 54.8 Å². The molecule has 0 aliphatic heterocycles. The van der Waals surface area contributed by atoms with Gasteiger partial charge in [0.15, 0.2) is 9.84 Å². The Morgan fingerprint density at radius 2 is 1.80 bits per heavy atom. The van der Waals surface area contributed by atoms with Crippen molar-refractivity contribution in [2.24, 2.45) is 5.92 Å². The molecule has 1 fully saturated rings. The number of hydrogen-bond acceptors (Lipinski definition) is 7. The van der Waals surface area contributed by atoms with E-state index in [0.29, 0.717) is 33.4 Å². The standard InChI is InChI=1S/C30H30F2N4O4S/c1-17-24(18(2)40-35-17)21-14-22-26(33-15-21)25-28(23(41(4,37)38)16-34-29(25)39-3)36(22)27(19-8-6-5-7-9-19)20-10-12-30(31,32)13-11-20/h5-9,14-16,20,27H,10-13H2,1-4H3. The molecule has 0 spiro atoms. The highest BCUT2D eigenvalue weighted by Gasteiger charge is 2.40. The summed E-state index contributed by atoms with van der Waals surface area (Å²) in [6.07, 6.45) is 4.23. The second-order valence-electron chi connectivity index (χ2n) is 10.8. The van der Waals surface area contributed by atoms with E-state index in [1.165, 1.54) is 13.3 Å². The highest BCUT2D eigenvalue weighted by Crippen LogP contribution is 2.48. The molecule has 0 bridgehead atoms. The number of methoxy groups -OCH3 is 1. The van der Waals surface area contributed by atoms with E-state index >= 15 is 0 Å². The van der Waals surface area contributed by atoms with Gasteiger partial charge in [0.25, 0.3) is 0 Å². The number of benzene rings is 1. The lowest BCUT2D eigenvalue weighted by molar-refractivity contribution is -0.0493. The number of hydrogen-bond donors (Lipinski definition) is 0. The van der Waals surface area contributed by atoms with Crippen molar-refractivity contribution in [2.45, 2.75) is 56.4 Å². The van der Waals surface area contributed by atoms with Crippen LogP contribution in [0.5, 0.6) is 5.88 Å². The Morgan fingerprint density at radius 1 is 1.10 bits per heavy atom. The van der Waals surface area contributed by atoms with Gasteiger partial charge >= 0.3 is 0 Å². The number of ether oxygens (including phenoxy) is 1. The van der Waals surface area contributed by atoms with E-state index in [0.717, 1.165) is 22.9 Å². The molecular formula is C30H30F2N4O4S. The number of halogens is 2. The smallest absolute Gasteiger partial charge is 0.248 e. The molecular weight excluding hydrogens is 550 g/mol. The minimum atomic E-state index is -3.77. The van der Waals surface area contributed by atoms with Crippen LogP contribution in [0.3, 0.4) is 0 Å². The fourth-order valence-electron chi connectivity index (χ4n) is 6.28. The number of aryl methyl sites for hydroxylation is 2. The van der Waals surface area contributed by atoms with Gasteiger partial charge in [-0.3, -0.25) is 4.98 Å². The fourth-order valence-corrected chi connectivity index (χ4v) is 7.07. The van der Waals surface area contributed by atoms with Gasteiger partial charge in [-0.2, -0.15) is 0 Å². The molecule has 5 aromatic rings. The van der Waals surface area contributed by atoms with E-state index in [1.54, 1.807) is 6.20 Å². The van der Waals surface area contributed by atoms with Crippen LogP contribution in [0.4, 0.5) is 8.78 Å². The summed E-state index contributed by atoms with van der Waals surface area (Å²) in [6, 6.07) is 11.1. The van der Waals surface area contributed by atoms with Crippen molar-refractivity contribution in [3.05, 3.63) is 65.8 Å². The first kappa shape index (κ1) is 27.3. The molecule has 1 aliphatic rings. The molecule has 1 unspecified atom stereocenters. The Bertz CT molecular complexity index is 1850. The van der Waals surface area contributed by atoms with Gasteiger partial charge in [0.05, 0.1) is 41.5 Å². The maximum atomic E-state index is 14.4. The van der Waals surface area contributed by atoms with Gasteiger partial charge < -0.3 is 13.8 Å². The van der Waals surface area contributed by atoms with E-state index in [2.05, 4.69) is 10.1 Å². The third-order valence-corrected chi connectivity index (χ3v) is 9.23. The number of aromatic nitrogens is 4. The summed E-state index contributed by atoms with van der Waals surface area (Å²) in [5.74, 6) is -2.06. The second-order valence-corrected chi connectivity index (χ2v) is 12.8. The molecule has 1 aliphatic carbocycles. The maximum absolute atomic E-state index is 14.4. The van der Waals surface area contributed by atoms with Crippen LogP contribution < -0.4 is 4.74 Å². The zero-order valence-electron chi connectivity index (χ0n) is 23.2. The zero-order chi connectivity index (χ0) is 29.1. The Kier molecular flexibility index (Phi) is 6.60. The van der Waals surface area contributed by atoms with Gasteiger partial charge in [-0.1, -0.05) is 35.5 Å². The molecule has 1 saturated carbocycles. The molecule has 0 radical (unpaired) electrons. The number of rotatable bonds is 6. The van der Waals surface area contributed by atoms with Gasteiger partial charge in [0.2, 0.25) is 11.8 Å². The summed E-state index contributed by atoms with van der Waals surface area (Å²) in [7, 11) is -2.29. The van der Waals surface area contributed by atoms with Gasteiger partial charge in [-0.15, -0.1) is 0 Å². The Hall–Kier alpha value is -3.86.